The molecule has 0 fully saturated rings. The molecule has 0 aliphatic carbocycles. The molecule has 21 heavy (non-hydrogen) atoms. The topological polar surface area (TPSA) is 76.6 Å². The summed E-state index contributed by atoms with van der Waals surface area (Å²) in [5.74, 6) is 0.730. The van der Waals surface area contributed by atoms with E-state index < -0.39 is 0 Å². The third-order valence-corrected chi connectivity index (χ3v) is 4.79. The summed E-state index contributed by atoms with van der Waals surface area (Å²) in [6.45, 7) is 2.25. The third kappa shape index (κ3) is 3.18. The van der Waals surface area contributed by atoms with Crippen LogP contribution in [-0.4, -0.2) is 25.5 Å². The minimum absolute atomic E-state index is 0.0477. The molecule has 0 spiro atoms. The smallest absolute Gasteiger partial charge is 0.332 e. The predicted molar refractivity (Wildman–Crippen MR) is 85.8 cm³/mol. The molecule has 0 aromatic carbocycles. The van der Waals surface area contributed by atoms with Gasteiger partial charge in [0.2, 0.25) is 0 Å². The maximum atomic E-state index is 12.5. The maximum Gasteiger partial charge on any atom is 0.332 e. The van der Waals surface area contributed by atoms with Gasteiger partial charge in [0.1, 0.15) is 5.82 Å². The molecule has 1 atom stereocenters. The van der Waals surface area contributed by atoms with Crippen molar-refractivity contribution in [1.29, 1.82) is 0 Å². The molecule has 0 bridgehead atoms. The second-order valence-corrected chi connectivity index (χ2v) is 6.22. The van der Waals surface area contributed by atoms with Crippen LogP contribution in [0.2, 0.25) is 0 Å². The molecule has 2 rings (SSSR count). The molecule has 2 heterocycles. The molecule has 1 aromatic heterocycles. The summed E-state index contributed by atoms with van der Waals surface area (Å²) in [4.78, 5) is 29.3. The largest absolute Gasteiger partial charge is 0.396 e. The van der Waals surface area contributed by atoms with Gasteiger partial charge in [0, 0.05) is 26.1 Å². The number of hydrogen-bond acceptors (Lipinski definition) is 4. The van der Waals surface area contributed by atoms with Crippen LogP contribution in [0, 0.1) is 5.92 Å². The van der Waals surface area contributed by atoms with Crippen LogP contribution in [0.25, 0.3) is 0 Å². The van der Waals surface area contributed by atoms with Gasteiger partial charge in [-0.1, -0.05) is 6.92 Å². The predicted octanol–water partition coefficient (Wildman–Crippen LogP) is 1.33. The number of aliphatic hydroxyl groups is 1. The van der Waals surface area contributed by atoms with Gasteiger partial charge in [0.05, 0.1) is 10.2 Å². The van der Waals surface area contributed by atoms with Crippen molar-refractivity contribution in [3.63, 3.8) is 0 Å². The Labute approximate surface area is 131 Å². The van der Waals surface area contributed by atoms with Crippen LogP contribution in [0.15, 0.2) is 14.6 Å². The molecule has 1 aliphatic rings. The van der Waals surface area contributed by atoms with E-state index in [0.717, 1.165) is 17.5 Å². The first-order chi connectivity index (χ1) is 9.97. The first-order valence-corrected chi connectivity index (χ1v) is 7.94. The lowest BCUT2D eigenvalue weighted by atomic mass is 10.0. The summed E-state index contributed by atoms with van der Waals surface area (Å²) >= 11 is 3.44. The van der Waals surface area contributed by atoms with Gasteiger partial charge >= 0.3 is 5.69 Å². The molecule has 7 heteroatoms. The van der Waals surface area contributed by atoms with Crippen LogP contribution in [0.1, 0.15) is 31.7 Å². The Hall–Kier alpha value is -1.21. The van der Waals surface area contributed by atoms with E-state index in [9.17, 15) is 9.59 Å². The molecule has 0 radical (unpaired) electrons. The second kappa shape index (κ2) is 6.70. The lowest BCUT2D eigenvalue weighted by Crippen LogP contribution is -2.41. The minimum atomic E-state index is -0.385. The summed E-state index contributed by atoms with van der Waals surface area (Å²) in [7, 11) is 1.63. The van der Waals surface area contributed by atoms with E-state index in [4.69, 9.17) is 5.11 Å². The number of aromatic nitrogens is 2. The fraction of sp³-hybridized carbons (Fsp3) is 0.643. The minimum Gasteiger partial charge on any atom is -0.396 e. The summed E-state index contributed by atoms with van der Waals surface area (Å²) in [5, 5.41) is 8.91. The molecule has 0 saturated heterocycles. The van der Waals surface area contributed by atoms with E-state index in [0.29, 0.717) is 24.2 Å². The zero-order valence-electron chi connectivity index (χ0n) is 12.3. The third-order valence-electron chi connectivity index (χ3n) is 3.83. The van der Waals surface area contributed by atoms with Gasteiger partial charge < -0.3 is 5.11 Å². The number of aliphatic imine (C=N–C) groups is 1. The fourth-order valence-electron chi connectivity index (χ4n) is 2.52. The highest BCUT2D eigenvalue weighted by Gasteiger charge is 2.20. The van der Waals surface area contributed by atoms with E-state index >= 15 is 0 Å². The molecular weight excluding hydrogens is 338 g/mol. The van der Waals surface area contributed by atoms with Gasteiger partial charge in [-0.3, -0.25) is 13.9 Å². The van der Waals surface area contributed by atoms with Crippen LogP contribution in [0.3, 0.4) is 0 Å². The van der Waals surface area contributed by atoms with Crippen molar-refractivity contribution in [2.24, 2.45) is 18.0 Å². The summed E-state index contributed by atoms with van der Waals surface area (Å²) in [6, 6.07) is 0. The summed E-state index contributed by atoms with van der Waals surface area (Å²) in [5.41, 5.74) is -0.0801. The SMILES string of the molecule is CC1CCCc2c(n(C)c(=O)n(CCCO)c2=O)N=C1Br. The molecule has 0 amide bonds. The lowest BCUT2D eigenvalue weighted by molar-refractivity contribution is 0.277. The zero-order valence-corrected chi connectivity index (χ0v) is 13.9. The molecule has 1 N–H and O–H groups in total. The van der Waals surface area contributed by atoms with E-state index in [1.165, 1.54) is 9.13 Å². The van der Waals surface area contributed by atoms with Gasteiger partial charge in [-0.2, -0.15) is 0 Å². The Bertz CT molecular complexity index is 675. The zero-order chi connectivity index (χ0) is 15.6. The molecule has 1 aliphatic heterocycles. The first kappa shape index (κ1) is 16.2. The number of halogens is 1. The summed E-state index contributed by atoms with van der Waals surface area (Å²) < 4.78 is 3.39. The molecule has 0 saturated carbocycles. The lowest BCUT2D eigenvalue weighted by Gasteiger charge is -2.18. The van der Waals surface area contributed by atoms with Crippen molar-refractivity contribution in [2.75, 3.05) is 6.61 Å². The molecule has 1 unspecified atom stereocenters. The average Bonchev–Trinajstić information content (AvgIpc) is 2.45. The van der Waals surface area contributed by atoms with Crippen LogP contribution in [-0.2, 0) is 20.0 Å². The average molecular weight is 358 g/mol. The van der Waals surface area contributed by atoms with Crippen molar-refractivity contribution in [3.8, 4) is 0 Å². The van der Waals surface area contributed by atoms with Gasteiger partial charge in [0.15, 0.2) is 0 Å². The van der Waals surface area contributed by atoms with Gasteiger partial charge in [-0.25, -0.2) is 9.79 Å². The Morgan fingerprint density at radius 3 is 2.81 bits per heavy atom. The van der Waals surface area contributed by atoms with Crippen molar-refractivity contribution in [2.45, 2.75) is 39.2 Å². The highest BCUT2D eigenvalue weighted by Crippen LogP contribution is 2.25. The number of hydrogen-bond donors (Lipinski definition) is 1. The molecule has 1 aromatic rings. The monoisotopic (exact) mass is 357 g/mol. The molecule has 116 valence electrons. The van der Waals surface area contributed by atoms with Gasteiger partial charge in [0.25, 0.3) is 5.56 Å². The Balaban J connectivity index is 2.66. The van der Waals surface area contributed by atoms with Gasteiger partial charge in [-0.15, -0.1) is 0 Å². The highest BCUT2D eigenvalue weighted by atomic mass is 79.9. The normalized spacial score (nSPS) is 18.7. The van der Waals surface area contributed by atoms with Crippen LogP contribution < -0.4 is 11.2 Å². The number of fused-ring (bicyclic) bond motifs is 1. The van der Waals surface area contributed by atoms with Crippen molar-refractivity contribution in [3.05, 3.63) is 26.4 Å². The molecule has 6 nitrogen and oxygen atoms in total. The van der Waals surface area contributed by atoms with Gasteiger partial charge in [-0.05, 0) is 41.6 Å². The quantitative estimate of drug-likeness (QED) is 0.886. The van der Waals surface area contributed by atoms with Crippen LogP contribution >= 0.6 is 15.9 Å². The summed E-state index contributed by atoms with van der Waals surface area (Å²) in [6.07, 6.45) is 2.84. The van der Waals surface area contributed by atoms with E-state index in [1.807, 2.05) is 0 Å². The van der Waals surface area contributed by atoms with E-state index in [2.05, 4.69) is 27.8 Å². The Morgan fingerprint density at radius 2 is 2.14 bits per heavy atom. The Kier molecular flexibility index (Phi) is 5.16. The molecular formula is C14H20BrN3O3. The highest BCUT2D eigenvalue weighted by molar-refractivity contribution is 9.18. The van der Waals surface area contributed by atoms with E-state index in [-0.39, 0.29) is 30.3 Å². The standard InChI is InChI=1S/C14H20BrN3O3/c1-9-5-3-6-10-12(16-11(9)15)17(2)14(21)18(13(10)20)7-4-8-19/h9,19H,3-8H2,1-2H3. The first-order valence-electron chi connectivity index (χ1n) is 7.15. The fourth-order valence-corrected chi connectivity index (χ4v) is 2.92. The Morgan fingerprint density at radius 1 is 1.43 bits per heavy atom. The van der Waals surface area contributed by atoms with Crippen molar-refractivity contribution < 1.29 is 5.11 Å². The number of nitrogens with zero attached hydrogens (tertiary/aromatic N) is 3. The second-order valence-electron chi connectivity index (χ2n) is 5.41. The van der Waals surface area contributed by atoms with Crippen molar-refractivity contribution >= 4 is 26.4 Å². The number of rotatable bonds is 3. The van der Waals surface area contributed by atoms with E-state index in [1.54, 1.807) is 7.05 Å². The number of aliphatic hydroxyl groups excluding tert-OH is 1. The van der Waals surface area contributed by atoms with Crippen LogP contribution in [0.4, 0.5) is 5.82 Å². The maximum absolute atomic E-state index is 12.5. The van der Waals surface area contributed by atoms with Crippen molar-refractivity contribution in [1.82, 2.24) is 9.13 Å². The van der Waals surface area contributed by atoms with Crippen LogP contribution in [0.5, 0.6) is 0 Å².